The Labute approximate surface area is 107 Å². The van der Waals surface area contributed by atoms with Crippen molar-refractivity contribution in [2.24, 2.45) is 0 Å². The molecule has 0 bridgehead atoms. The molecule has 0 aliphatic rings. The van der Waals surface area contributed by atoms with Gasteiger partial charge in [0.1, 0.15) is 6.33 Å². The fourth-order valence-corrected chi connectivity index (χ4v) is 1.74. The van der Waals surface area contributed by atoms with Crippen LogP contribution in [0.3, 0.4) is 0 Å². The van der Waals surface area contributed by atoms with Crippen molar-refractivity contribution >= 4 is 5.69 Å². The van der Waals surface area contributed by atoms with E-state index >= 15 is 0 Å². The van der Waals surface area contributed by atoms with E-state index in [2.05, 4.69) is 29.1 Å². The fourth-order valence-electron chi connectivity index (χ4n) is 1.74. The number of hydrogen-bond acceptors (Lipinski definition) is 4. The van der Waals surface area contributed by atoms with Gasteiger partial charge in [0.15, 0.2) is 0 Å². The van der Waals surface area contributed by atoms with Crippen LogP contribution in [0.2, 0.25) is 0 Å². The second-order valence-corrected chi connectivity index (χ2v) is 4.29. The molecule has 0 radical (unpaired) electrons. The quantitative estimate of drug-likeness (QED) is 0.896. The summed E-state index contributed by atoms with van der Waals surface area (Å²) in [7, 11) is 1.60. The normalized spacial score (nSPS) is 10.4. The van der Waals surface area contributed by atoms with Crippen molar-refractivity contribution < 1.29 is 4.74 Å². The maximum atomic E-state index is 5.13. The lowest BCUT2D eigenvalue weighted by Gasteiger charge is -2.14. The van der Waals surface area contributed by atoms with Gasteiger partial charge in [-0.05, 0) is 19.9 Å². The zero-order valence-electron chi connectivity index (χ0n) is 10.8. The Hall–Kier alpha value is -2.10. The van der Waals surface area contributed by atoms with E-state index in [0.717, 1.165) is 16.9 Å². The maximum Gasteiger partial charge on any atom is 0.216 e. The first-order chi connectivity index (χ1) is 8.70. The molecule has 1 heterocycles. The minimum atomic E-state index is 0.370. The zero-order chi connectivity index (χ0) is 13.0. The van der Waals surface area contributed by atoms with Crippen molar-refractivity contribution in [2.75, 3.05) is 12.4 Å². The molecule has 94 valence electrons. The number of nitrogens with zero attached hydrogens (tertiary/aromatic N) is 2. The van der Waals surface area contributed by atoms with Crippen LogP contribution < -0.4 is 10.1 Å². The van der Waals surface area contributed by atoms with E-state index in [1.165, 1.54) is 6.33 Å². The average Bonchev–Trinajstić information content (AvgIpc) is 2.39. The van der Waals surface area contributed by atoms with Gasteiger partial charge in [-0.3, -0.25) is 0 Å². The summed E-state index contributed by atoms with van der Waals surface area (Å²) in [6, 6.07) is 10.3. The molecule has 0 aliphatic carbocycles. The molecule has 0 atom stereocenters. The fraction of sp³-hybridized carbons (Fsp3) is 0.286. The minimum absolute atomic E-state index is 0.370. The number of anilines is 1. The van der Waals surface area contributed by atoms with E-state index in [9.17, 15) is 0 Å². The molecule has 0 saturated heterocycles. The van der Waals surface area contributed by atoms with Crippen LogP contribution in [0.5, 0.6) is 5.88 Å². The second kappa shape index (κ2) is 5.49. The van der Waals surface area contributed by atoms with Crippen LogP contribution in [0.1, 0.15) is 13.8 Å². The number of ether oxygens (including phenoxy) is 1. The van der Waals surface area contributed by atoms with Gasteiger partial charge in [-0.1, -0.05) is 18.2 Å². The van der Waals surface area contributed by atoms with Crippen LogP contribution in [-0.2, 0) is 0 Å². The van der Waals surface area contributed by atoms with Crippen molar-refractivity contribution in [2.45, 2.75) is 19.9 Å². The molecule has 2 rings (SSSR count). The summed E-state index contributed by atoms with van der Waals surface area (Å²) in [6.45, 7) is 4.22. The third kappa shape index (κ3) is 2.77. The van der Waals surface area contributed by atoms with Gasteiger partial charge in [-0.2, -0.15) is 0 Å². The molecule has 0 aliphatic heterocycles. The van der Waals surface area contributed by atoms with Crippen molar-refractivity contribution in [3.05, 3.63) is 36.7 Å². The average molecular weight is 243 g/mol. The third-order valence-corrected chi connectivity index (χ3v) is 2.50. The van der Waals surface area contributed by atoms with E-state index in [-0.39, 0.29) is 0 Å². The lowest BCUT2D eigenvalue weighted by Crippen LogP contribution is -2.10. The number of para-hydroxylation sites is 1. The molecule has 1 N–H and O–H groups in total. The molecule has 1 aromatic carbocycles. The first-order valence-corrected chi connectivity index (χ1v) is 5.92. The number of methoxy groups -OCH3 is 1. The van der Waals surface area contributed by atoms with E-state index in [0.29, 0.717) is 11.9 Å². The van der Waals surface area contributed by atoms with Gasteiger partial charge in [0, 0.05) is 23.4 Å². The third-order valence-electron chi connectivity index (χ3n) is 2.50. The Bertz CT molecular complexity index is 526. The first-order valence-electron chi connectivity index (χ1n) is 5.92. The minimum Gasteiger partial charge on any atom is -0.481 e. The molecule has 4 heteroatoms. The molecule has 0 unspecified atom stereocenters. The van der Waals surface area contributed by atoms with Crippen molar-refractivity contribution in [3.63, 3.8) is 0 Å². The molecule has 18 heavy (non-hydrogen) atoms. The number of hydrogen-bond donors (Lipinski definition) is 1. The lowest BCUT2D eigenvalue weighted by atomic mass is 10.1. The second-order valence-electron chi connectivity index (χ2n) is 4.29. The molecule has 0 saturated carbocycles. The van der Waals surface area contributed by atoms with Gasteiger partial charge in [0.25, 0.3) is 0 Å². The predicted octanol–water partition coefficient (Wildman–Crippen LogP) is 2.97. The summed E-state index contributed by atoms with van der Waals surface area (Å²) in [6.07, 6.45) is 1.51. The summed E-state index contributed by atoms with van der Waals surface area (Å²) in [5.41, 5.74) is 2.96. The van der Waals surface area contributed by atoms with Crippen LogP contribution in [0.25, 0.3) is 11.3 Å². The highest BCUT2D eigenvalue weighted by Crippen LogP contribution is 2.27. The smallest absolute Gasteiger partial charge is 0.216 e. The van der Waals surface area contributed by atoms with E-state index in [1.807, 2.05) is 30.3 Å². The molecule has 2 aromatic rings. The topological polar surface area (TPSA) is 47.0 Å². The van der Waals surface area contributed by atoms with E-state index < -0.39 is 0 Å². The summed E-state index contributed by atoms with van der Waals surface area (Å²) in [5, 5.41) is 3.41. The van der Waals surface area contributed by atoms with Gasteiger partial charge >= 0.3 is 0 Å². The predicted molar refractivity (Wildman–Crippen MR) is 72.8 cm³/mol. The van der Waals surface area contributed by atoms with Crippen molar-refractivity contribution in [3.8, 4) is 17.1 Å². The lowest BCUT2D eigenvalue weighted by molar-refractivity contribution is 0.397. The van der Waals surface area contributed by atoms with Gasteiger partial charge in [-0.15, -0.1) is 0 Å². The Morgan fingerprint density at radius 3 is 2.67 bits per heavy atom. The van der Waals surface area contributed by atoms with Crippen molar-refractivity contribution in [1.82, 2.24) is 9.97 Å². The molecule has 1 aromatic heterocycles. The summed E-state index contributed by atoms with van der Waals surface area (Å²) in [5.74, 6) is 0.569. The monoisotopic (exact) mass is 243 g/mol. The van der Waals surface area contributed by atoms with Crippen LogP contribution >= 0.6 is 0 Å². The highest BCUT2D eigenvalue weighted by Gasteiger charge is 2.08. The first kappa shape index (κ1) is 12.4. The highest BCUT2D eigenvalue weighted by molar-refractivity contribution is 5.75. The summed E-state index contributed by atoms with van der Waals surface area (Å²) < 4.78 is 5.13. The van der Waals surface area contributed by atoms with Crippen molar-refractivity contribution in [1.29, 1.82) is 0 Å². The van der Waals surface area contributed by atoms with Gasteiger partial charge in [0.05, 0.1) is 12.8 Å². The molecule has 0 fully saturated rings. The van der Waals surface area contributed by atoms with Crippen LogP contribution in [-0.4, -0.2) is 23.1 Å². The molecule has 0 spiro atoms. The number of benzene rings is 1. The Morgan fingerprint density at radius 1 is 1.17 bits per heavy atom. The number of aromatic nitrogens is 2. The Kier molecular flexibility index (Phi) is 3.77. The maximum absolute atomic E-state index is 5.13. The van der Waals surface area contributed by atoms with Gasteiger partial charge in [0.2, 0.25) is 5.88 Å². The SMILES string of the molecule is COc1cc(-c2ccccc2NC(C)C)ncn1. The largest absolute Gasteiger partial charge is 0.481 e. The van der Waals surface area contributed by atoms with Crippen LogP contribution in [0, 0.1) is 0 Å². The summed E-state index contributed by atoms with van der Waals surface area (Å²) in [4.78, 5) is 8.31. The standard InChI is InChI=1S/C14H17N3O/c1-10(2)17-12-7-5-4-6-11(12)13-8-14(18-3)16-9-15-13/h4-10,17H,1-3H3. The van der Waals surface area contributed by atoms with E-state index in [1.54, 1.807) is 7.11 Å². The molecule has 4 nitrogen and oxygen atoms in total. The van der Waals surface area contributed by atoms with E-state index in [4.69, 9.17) is 4.74 Å². The number of rotatable bonds is 4. The molecular weight excluding hydrogens is 226 g/mol. The van der Waals surface area contributed by atoms with Gasteiger partial charge in [-0.25, -0.2) is 9.97 Å². The molecular formula is C14H17N3O. The Balaban J connectivity index is 2.42. The summed E-state index contributed by atoms with van der Waals surface area (Å²) >= 11 is 0. The number of nitrogens with one attached hydrogen (secondary N) is 1. The van der Waals surface area contributed by atoms with Crippen LogP contribution in [0.4, 0.5) is 5.69 Å². The molecule has 0 amide bonds. The highest BCUT2D eigenvalue weighted by atomic mass is 16.5. The van der Waals surface area contributed by atoms with Gasteiger partial charge < -0.3 is 10.1 Å². The zero-order valence-corrected chi connectivity index (χ0v) is 10.8. The van der Waals surface area contributed by atoms with Crippen LogP contribution in [0.15, 0.2) is 36.7 Å². The Morgan fingerprint density at radius 2 is 1.94 bits per heavy atom.